The third-order valence-corrected chi connectivity index (χ3v) is 5.59. The van der Waals surface area contributed by atoms with Crippen molar-refractivity contribution in [3.8, 4) is 34.4 Å². The van der Waals surface area contributed by atoms with Crippen LogP contribution in [-0.2, 0) is 9.59 Å². The summed E-state index contributed by atoms with van der Waals surface area (Å²) in [6.45, 7) is 10.0. The molecule has 0 aliphatic rings. The van der Waals surface area contributed by atoms with Crippen LogP contribution in [0.25, 0.3) is 22.9 Å². The maximum absolute atomic E-state index is 12.4. The molecule has 1 heterocycles. The fourth-order valence-corrected chi connectivity index (χ4v) is 3.59. The monoisotopic (exact) mass is 480 g/mol. The van der Waals surface area contributed by atoms with Crippen LogP contribution >= 0.6 is 0 Å². The molecule has 0 spiro atoms. The summed E-state index contributed by atoms with van der Waals surface area (Å²) in [4.78, 5) is 28.1. The van der Waals surface area contributed by atoms with E-state index in [1.165, 1.54) is 0 Å². The van der Waals surface area contributed by atoms with Crippen LogP contribution in [0, 0.1) is 0 Å². The van der Waals surface area contributed by atoms with Gasteiger partial charge in [-0.3, -0.25) is 9.59 Å². The first-order valence-electron chi connectivity index (χ1n) is 11.9. The van der Waals surface area contributed by atoms with Crippen LogP contribution < -0.4 is 9.47 Å². The lowest BCUT2D eigenvalue weighted by Gasteiger charge is -2.19. The molecule has 3 rings (SSSR count). The first kappa shape index (κ1) is 25.7. The lowest BCUT2D eigenvalue weighted by atomic mass is 10.2. The van der Waals surface area contributed by atoms with Crippen LogP contribution in [0.15, 0.2) is 52.9 Å². The first-order chi connectivity index (χ1) is 17.0. The third-order valence-electron chi connectivity index (χ3n) is 5.59. The van der Waals surface area contributed by atoms with E-state index in [9.17, 15) is 9.59 Å². The van der Waals surface area contributed by atoms with E-state index in [1.54, 1.807) is 34.1 Å². The number of ether oxygens (including phenoxy) is 2. The van der Waals surface area contributed by atoms with Crippen LogP contribution in [0.5, 0.6) is 11.5 Å². The molecule has 0 unspecified atom stereocenters. The number of nitrogens with zero attached hydrogens (tertiary/aromatic N) is 4. The Balaban J connectivity index is 1.79. The molecule has 9 nitrogen and oxygen atoms in total. The molecule has 2 amide bonds. The van der Waals surface area contributed by atoms with Crippen molar-refractivity contribution in [1.82, 2.24) is 20.0 Å². The van der Waals surface area contributed by atoms with Crippen molar-refractivity contribution < 1.29 is 23.5 Å². The number of aromatic nitrogens is 2. The van der Waals surface area contributed by atoms with Crippen molar-refractivity contribution in [2.24, 2.45) is 0 Å². The van der Waals surface area contributed by atoms with E-state index in [1.807, 2.05) is 52.0 Å². The number of likely N-dealkylation sites (N-methyl/N-ethyl adjacent to an activating group) is 2. The highest BCUT2D eigenvalue weighted by molar-refractivity contribution is 5.79. The molecule has 0 aliphatic heterocycles. The zero-order valence-electron chi connectivity index (χ0n) is 20.7. The summed E-state index contributed by atoms with van der Waals surface area (Å²) in [6, 6.07) is 14.4. The quantitative estimate of drug-likeness (QED) is 0.388. The van der Waals surface area contributed by atoms with E-state index in [0.717, 1.165) is 0 Å². The van der Waals surface area contributed by atoms with Crippen LogP contribution in [0.2, 0.25) is 0 Å². The molecule has 186 valence electrons. The second-order valence-electron chi connectivity index (χ2n) is 7.61. The van der Waals surface area contributed by atoms with E-state index in [0.29, 0.717) is 48.8 Å². The van der Waals surface area contributed by atoms with Crippen LogP contribution in [0.3, 0.4) is 0 Å². The number of carbonyl (C=O) groups excluding carboxylic acids is 2. The van der Waals surface area contributed by atoms with Gasteiger partial charge in [0.05, 0.1) is 11.1 Å². The molecular formula is C26H32N4O5. The molecular weight excluding hydrogens is 448 g/mol. The van der Waals surface area contributed by atoms with Crippen molar-refractivity contribution in [2.45, 2.75) is 27.7 Å². The summed E-state index contributed by atoms with van der Waals surface area (Å²) < 4.78 is 17.6. The first-order valence-corrected chi connectivity index (χ1v) is 11.9. The molecule has 0 fully saturated rings. The van der Waals surface area contributed by atoms with Gasteiger partial charge in [0.1, 0.15) is 11.5 Å². The summed E-state index contributed by atoms with van der Waals surface area (Å²) in [5, 5.41) is 8.37. The number of amides is 2. The summed E-state index contributed by atoms with van der Waals surface area (Å²) >= 11 is 0. The van der Waals surface area contributed by atoms with Crippen LogP contribution in [0.4, 0.5) is 0 Å². The molecule has 0 radical (unpaired) electrons. The highest BCUT2D eigenvalue weighted by Gasteiger charge is 2.19. The number of hydrogen-bond acceptors (Lipinski definition) is 7. The van der Waals surface area contributed by atoms with Crippen molar-refractivity contribution in [2.75, 3.05) is 39.4 Å². The molecule has 2 aromatic carbocycles. The number of para-hydroxylation sites is 2. The fourth-order valence-electron chi connectivity index (χ4n) is 3.59. The van der Waals surface area contributed by atoms with Gasteiger partial charge in [0, 0.05) is 26.2 Å². The zero-order valence-corrected chi connectivity index (χ0v) is 20.7. The van der Waals surface area contributed by atoms with E-state index in [4.69, 9.17) is 13.9 Å². The summed E-state index contributed by atoms with van der Waals surface area (Å²) in [6.07, 6.45) is 0. The van der Waals surface area contributed by atoms with Gasteiger partial charge in [0.15, 0.2) is 13.2 Å². The highest BCUT2D eigenvalue weighted by Crippen LogP contribution is 2.34. The Kier molecular flexibility index (Phi) is 9.23. The Morgan fingerprint density at radius 1 is 0.686 bits per heavy atom. The molecule has 0 atom stereocenters. The Labute approximate surface area is 205 Å². The van der Waals surface area contributed by atoms with Crippen LogP contribution in [0.1, 0.15) is 27.7 Å². The zero-order chi connectivity index (χ0) is 25.2. The van der Waals surface area contributed by atoms with E-state index in [2.05, 4.69) is 10.2 Å². The number of benzene rings is 2. The van der Waals surface area contributed by atoms with Gasteiger partial charge < -0.3 is 23.7 Å². The van der Waals surface area contributed by atoms with Gasteiger partial charge in [-0.1, -0.05) is 24.3 Å². The fraction of sp³-hybridized carbons (Fsp3) is 0.385. The number of carbonyl (C=O) groups is 2. The smallest absolute Gasteiger partial charge is 0.260 e. The van der Waals surface area contributed by atoms with Crippen molar-refractivity contribution >= 4 is 11.8 Å². The minimum Gasteiger partial charge on any atom is -0.483 e. The minimum atomic E-state index is -0.0960. The van der Waals surface area contributed by atoms with Crippen LogP contribution in [-0.4, -0.2) is 71.2 Å². The largest absolute Gasteiger partial charge is 0.483 e. The van der Waals surface area contributed by atoms with Crippen molar-refractivity contribution in [3.05, 3.63) is 48.5 Å². The summed E-state index contributed by atoms with van der Waals surface area (Å²) in [7, 11) is 0. The molecule has 35 heavy (non-hydrogen) atoms. The Bertz CT molecular complexity index is 1040. The Morgan fingerprint density at radius 2 is 1.06 bits per heavy atom. The summed E-state index contributed by atoms with van der Waals surface area (Å²) in [5.41, 5.74) is 1.16. The van der Waals surface area contributed by atoms with Gasteiger partial charge in [0.25, 0.3) is 23.6 Å². The van der Waals surface area contributed by atoms with E-state index < -0.39 is 0 Å². The maximum atomic E-state index is 12.4. The third kappa shape index (κ3) is 6.38. The molecule has 0 aliphatic carbocycles. The van der Waals surface area contributed by atoms with Gasteiger partial charge in [-0.05, 0) is 52.0 Å². The minimum absolute atomic E-state index is 0.0864. The lowest BCUT2D eigenvalue weighted by molar-refractivity contribution is -0.133. The average Bonchev–Trinajstić information content (AvgIpc) is 3.38. The molecule has 1 aromatic heterocycles. The van der Waals surface area contributed by atoms with Gasteiger partial charge >= 0.3 is 0 Å². The second kappa shape index (κ2) is 12.5. The number of hydrogen-bond donors (Lipinski definition) is 0. The Hall–Kier alpha value is -3.88. The predicted octanol–water partition coefficient (Wildman–Crippen LogP) is 3.90. The molecule has 0 saturated carbocycles. The molecule has 0 saturated heterocycles. The second-order valence-corrected chi connectivity index (χ2v) is 7.61. The Morgan fingerprint density at radius 3 is 1.43 bits per heavy atom. The standard InChI is InChI=1S/C26H32N4O5/c1-5-29(6-2)23(31)17-33-21-15-11-9-13-19(21)25-27-28-26(35-25)20-14-10-12-16-22(20)34-18-24(32)30(7-3)8-4/h9-16H,5-8,17-18H2,1-4H3. The van der Waals surface area contributed by atoms with Crippen molar-refractivity contribution in [3.63, 3.8) is 0 Å². The van der Waals surface area contributed by atoms with E-state index in [-0.39, 0.29) is 36.8 Å². The normalized spacial score (nSPS) is 10.6. The molecule has 0 N–H and O–H groups in total. The van der Waals surface area contributed by atoms with Gasteiger partial charge in [-0.2, -0.15) is 0 Å². The lowest BCUT2D eigenvalue weighted by Crippen LogP contribution is -2.34. The SMILES string of the molecule is CCN(CC)C(=O)COc1ccccc1-c1nnc(-c2ccccc2OCC(=O)N(CC)CC)o1. The molecule has 9 heteroatoms. The summed E-state index contributed by atoms with van der Waals surface area (Å²) in [5.74, 6) is 1.25. The van der Waals surface area contributed by atoms with E-state index >= 15 is 0 Å². The molecule has 3 aromatic rings. The highest BCUT2D eigenvalue weighted by atomic mass is 16.5. The maximum Gasteiger partial charge on any atom is 0.260 e. The van der Waals surface area contributed by atoms with Crippen molar-refractivity contribution in [1.29, 1.82) is 0 Å². The van der Waals surface area contributed by atoms with Gasteiger partial charge in [-0.15, -0.1) is 10.2 Å². The topological polar surface area (TPSA) is 98.0 Å². The molecule has 0 bridgehead atoms. The van der Waals surface area contributed by atoms with Gasteiger partial charge in [0.2, 0.25) is 0 Å². The average molecular weight is 481 g/mol. The predicted molar refractivity (Wildman–Crippen MR) is 132 cm³/mol. The van der Waals surface area contributed by atoms with Gasteiger partial charge in [-0.25, -0.2) is 0 Å². The number of rotatable bonds is 12.